The van der Waals surface area contributed by atoms with Crippen molar-refractivity contribution >= 4 is 55.8 Å². The van der Waals surface area contributed by atoms with Gasteiger partial charge < -0.3 is 4.74 Å². The molecule has 0 bridgehead atoms. The molecular formula is C16H12Cl2N2O2S. The van der Waals surface area contributed by atoms with Gasteiger partial charge in [0.1, 0.15) is 11.3 Å². The first-order valence-electron chi connectivity index (χ1n) is 6.87. The molecule has 0 spiro atoms. The first-order chi connectivity index (χ1) is 11.1. The minimum Gasteiger partial charge on any atom is -0.492 e. The number of carbonyl (C=O) groups is 1. The molecule has 0 unspecified atom stereocenters. The molecule has 0 radical (unpaired) electrons. The molecule has 1 heterocycles. The molecule has 4 nitrogen and oxygen atoms in total. The summed E-state index contributed by atoms with van der Waals surface area (Å²) in [6.45, 7) is 2.46. The molecule has 1 aromatic heterocycles. The van der Waals surface area contributed by atoms with E-state index in [1.165, 1.54) is 17.4 Å². The summed E-state index contributed by atoms with van der Waals surface area (Å²) >= 11 is 13.3. The largest absolute Gasteiger partial charge is 0.492 e. The molecular weight excluding hydrogens is 355 g/mol. The number of nitrogens with zero attached hydrogens (tertiary/aromatic N) is 1. The number of hydrogen-bond acceptors (Lipinski definition) is 4. The normalized spacial score (nSPS) is 10.7. The molecule has 0 saturated heterocycles. The predicted molar refractivity (Wildman–Crippen MR) is 95.2 cm³/mol. The number of nitrogens with one attached hydrogen (secondary N) is 1. The first-order valence-corrected chi connectivity index (χ1v) is 8.44. The number of aromatic nitrogens is 1. The first kappa shape index (κ1) is 16.1. The Bertz CT molecular complexity index is 880. The number of benzene rings is 2. The lowest BCUT2D eigenvalue weighted by Gasteiger charge is -2.04. The Kier molecular flexibility index (Phi) is 4.71. The predicted octanol–water partition coefficient (Wildman–Crippen LogP) is 5.25. The van der Waals surface area contributed by atoms with Gasteiger partial charge in [0, 0.05) is 5.02 Å². The van der Waals surface area contributed by atoms with Crippen LogP contribution in [0.5, 0.6) is 5.75 Å². The Morgan fingerprint density at radius 3 is 2.91 bits per heavy atom. The van der Waals surface area contributed by atoms with Crippen LogP contribution in [0.25, 0.3) is 10.2 Å². The van der Waals surface area contributed by atoms with E-state index >= 15 is 0 Å². The van der Waals surface area contributed by atoms with Crippen LogP contribution in [0.4, 0.5) is 5.13 Å². The van der Waals surface area contributed by atoms with Crippen molar-refractivity contribution in [2.75, 3.05) is 11.9 Å². The van der Waals surface area contributed by atoms with E-state index in [9.17, 15) is 4.79 Å². The molecule has 0 aliphatic carbocycles. The van der Waals surface area contributed by atoms with Crippen LogP contribution in [0.3, 0.4) is 0 Å². The van der Waals surface area contributed by atoms with Gasteiger partial charge in [-0.25, -0.2) is 4.98 Å². The molecule has 1 N–H and O–H groups in total. The van der Waals surface area contributed by atoms with Crippen molar-refractivity contribution in [3.8, 4) is 5.75 Å². The summed E-state index contributed by atoms with van der Waals surface area (Å²) in [7, 11) is 0. The third kappa shape index (κ3) is 3.42. The summed E-state index contributed by atoms with van der Waals surface area (Å²) in [5, 5.41) is 4.02. The van der Waals surface area contributed by atoms with E-state index in [1.54, 1.807) is 12.1 Å². The maximum Gasteiger partial charge on any atom is 0.259 e. The second-order valence-corrected chi connectivity index (χ2v) is 6.51. The molecule has 7 heteroatoms. The van der Waals surface area contributed by atoms with Crippen molar-refractivity contribution in [1.29, 1.82) is 0 Å². The van der Waals surface area contributed by atoms with Crippen molar-refractivity contribution in [3.63, 3.8) is 0 Å². The standard InChI is InChI=1S/C16H12Cl2N2O2S/c1-2-22-12-4-3-5-13-14(12)19-16(23-13)20-15(21)10-8-9(17)6-7-11(10)18/h3-8H,2H2,1H3,(H,19,20,21). The zero-order valence-corrected chi connectivity index (χ0v) is 14.4. The third-order valence-electron chi connectivity index (χ3n) is 3.08. The summed E-state index contributed by atoms with van der Waals surface area (Å²) in [4.78, 5) is 16.8. The quantitative estimate of drug-likeness (QED) is 0.685. The smallest absolute Gasteiger partial charge is 0.259 e. The molecule has 3 aromatic rings. The molecule has 118 valence electrons. The number of anilines is 1. The highest BCUT2D eigenvalue weighted by Gasteiger charge is 2.15. The number of para-hydroxylation sites is 1. The van der Waals surface area contributed by atoms with Gasteiger partial charge in [0.15, 0.2) is 5.13 Å². The minimum atomic E-state index is -0.352. The fourth-order valence-electron chi connectivity index (χ4n) is 2.08. The van der Waals surface area contributed by atoms with Crippen molar-refractivity contribution in [2.45, 2.75) is 6.92 Å². The van der Waals surface area contributed by atoms with Crippen LogP contribution in [0.15, 0.2) is 36.4 Å². The molecule has 0 atom stereocenters. The third-order valence-corrected chi connectivity index (χ3v) is 4.58. The summed E-state index contributed by atoms with van der Waals surface area (Å²) in [6.07, 6.45) is 0. The van der Waals surface area contributed by atoms with Crippen LogP contribution in [0.2, 0.25) is 10.0 Å². The van der Waals surface area contributed by atoms with Crippen molar-refractivity contribution in [1.82, 2.24) is 4.98 Å². The molecule has 0 aliphatic rings. The summed E-state index contributed by atoms with van der Waals surface area (Å²) in [5.41, 5.74) is 1.04. The lowest BCUT2D eigenvalue weighted by atomic mass is 10.2. The molecule has 2 aromatic carbocycles. The number of rotatable bonds is 4. The second-order valence-electron chi connectivity index (χ2n) is 4.63. The average Bonchev–Trinajstić information content (AvgIpc) is 2.93. The van der Waals surface area contributed by atoms with Crippen molar-refractivity contribution < 1.29 is 9.53 Å². The SMILES string of the molecule is CCOc1cccc2sc(NC(=O)c3cc(Cl)ccc3Cl)nc12. The maximum absolute atomic E-state index is 12.4. The van der Waals surface area contributed by atoms with Gasteiger partial charge in [-0.15, -0.1) is 0 Å². The molecule has 0 aliphatic heterocycles. The zero-order valence-electron chi connectivity index (χ0n) is 12.1. The number of amides is 1. The number of fused-ring (bicyclic) bond motifs is 1. The molecule has 3 rings (SSSR count). The summed E-state index contributed by atoms with van der Waals surface area (Å²) in [5.74, 6) is 0.344. The fraction of sp³-hybridized carbons (Fsp3) is 0.125. The molecule has 1 amide bonds. The Balaban J connectivity index is 1.91. The van der Waals surface area contributed by atoms with E-state index in [0.717, 1.165) is 10.2 Å². The summed E-state index contributed by atoms with van der Waals surface area (Å²) in [6, 6.07) is 10.4. The van der Waals surface area contributed by atoms with Crippen LogP contribution in [-0.4, -0.2) is 17.5 Å². The van der Waals surface area contributed by atoms with E-state index in [0.29, 0.717) is 33.1 Å². The number of ether oxygens (including phenoxy) is 1. The van der Waals surface area contributed by atoms with Gasteiger partial charge in [0.2, 0.25) is 0 Å². The minimum absolute atomic E-state index is 0.309. The second kappa shape index (κ2) is 6.74. The highest BCUT2D eigenvalue weighted by Crippen LogP contribution is 2.33. The van der Waals surface area contributed by atoms with Gasteiger partial charge in [0.05, 0.1) is 21.9 Å². The number of carbonyl (C=O) groups excluding carboxylic acids is 1. The molecule has 23 heavy (non-hydrogen) atoms. The Morgan fingerprint density at radius 1 is 1.30 bits per heavy atom. The highest BCUT2D eigenvalue weighted by molar-refractivity contribution is 7.22. The number of halogens is 2. The Labute approximate surface area is 147 Å². The number of thiazole rings is 1. The van der Waals surface area contributed by atoms with Gasteiger partial charge in [-0.3, -0.25) is 10.1 Å². The number of hydrogen-bond donors (Lipinski definition) is 1. The van der Waals surface area contributed by atoms with Gasteiger partial charge in [-0.05, 0) is 37.3 Å². The van der Waals surface area contributed by atoms with Crippen LogP contribution in [-0.2, 0) is 0 Å². The average molecular weight is 367 g/mol. The monoisotopic (exact) mass is 366 g/mol. The van der Waals surface area contributed by atoms with Crippen molar-refractivity contribution in [3.05, 3.63) is 52.0 Å². The van der Waals surface area contributed by atoms with E-state index in [4.69, 9.17) is 27.9 Å². The van der Waals surface area contributed by atoms with Crippen LogP contribution >= 0.6 is 34.5 Å². The zero-order chi connectivity index (χ0) is 16.4. The van der Waals surface area contributed by atoms with Gasteiger partial charge >= 0.3 is 0 Å². The van der Waals surface area contributed by atoms with Crippen LogP contribution in [0.1, 0.15) is 17.3 Å². The Morgan fingerprint density at radius 2 is 2.13 bits per heavy atom. The fourth-order valence-corrected chi connectivity index (χ4v) is 3.34. The lowest BCUT2D eigenvalue weighted by molar-refractivity contribution is 0.102. The highest BCUT2D eigenvalue weighted by atomic mass is 35.5. The van der Waals surface area contributed by atoms with Gasteiger partial charge in [-0.2, -0.15) is 0 Å². The van der Waals surface area contributed by atoms with E-state index in [-0.39, 0.29) is 5.91 Å². The molecule has 0 fully saturated rings. The Hall–Kier alpha value is -1.82. The molecule has 0 saturated carbocycles. The topological polar surface area (TPSA) is 51.2 Å². The summed E-state index contributed by atoms with van der Waals surface area (Å²) < 4.78 is 6.48. The van der Waals surface area contributed by atoms with Gasteiger partial charge in [0.25, 0.3) is 5.91 Å². The van der Waals surface area contributed by atoms with E-state index < -0.39 is 0 Å². The lowest BCUT2D eigenvalue weighted by Crippen LogP contribution is -2.12. The maximum atomic E-state index is 12.4. The van der Waals surface area contributed by atoms with Gasteiger partial charge in [-0.1, -0.05) is 40.6 Å². The van der Waals surface area contributed by atoms with E-state index in [1.807, 2.05) is 25.1 Å². The van der Waals surface area contributed by atoms with Crippen LogP contribution < -0.4 is 10.1 Å². The van der Waals surface area contributed by atoms with Crippen molar-refractivity contribution in [2.24, 2.45) is 0 Å². The van der Waals surface area contributed by atoms with E-state index in [2.05, 4.69) is 10.3 Å². The van der Waals surface area contributed by atoms with Crippen LogP contribution in [0, 0.1) is 0 Å².